The Bertz CT molecular complexity index is 918. The highest BCUT2D eigenvalue weighted by atomic mass is 35.5. The van der Waals surface area contributed by atoms with Crippen LogP contribution in [0.4, 0.5) is 0 Å². The van der Waals surface area contributed by atoms with Crippen LogP contribution in [-0.2, 0) is 12.8 Å². The van der Waals surface area contributed by atoms with E-state index in [2.05, 4.69) is 68.5 Å². The fraction of sp³-hybridized carbons (Fsp3) is 0.333. The summed E-state index contributed by atoms with van der Waals surface area (Å²) in [6, 6.07) is 16.8. The summed E-state index contributed by atoms with van der Waals surface area (Å²) in [5.41, 5.74) is 4.80. The van der Waals surface area contributed by atoms with Gasteiger partial charge in [-0.1, -0.05) is 43.5 Å². The second kappa shape index (κ2) is 13.2. The number of hydrogen-bond donors (Lipinski definition) is 2. The summed E-state index contributed by atoms with van der Waals surface area (Å²) in [5.74, 6) is 2.49. The van der Waals surface area contributed by atoms with Gasteiger partial charge in [-0.25, -0.2) is 19.9 Å². The van der Waals surface area contributed by atoms with Crippen molar-refractivity contribution < 1.29 is 32.9 Å². The highest BCUT2D eigenvalue weighted by Gasteiger charge is 2.09. The molecule has 6 N–H and O–H groups in total. The molecule has 0 fully saturated rings. The van der Waals surface area contributed by atoms with Gasteiger partial charge in [0.05, 0.1) is 5.09 Å². The number of nitrogens with one attached hydrogen (secondary N) is 4. The maximum Gasteiger partial charge on any atom is 0.252 e. The van der Waals surface area contributed by atoms with Crippen molar-refractivity contribution in [2.75, 3.05) is 0 Å². The Labute approximate surface area is 185 Å². The average molecular weight is 450 g/mol. The first-order valence-electron chi connectivity index (χ1n) is 9.91. The number of H-pyrrole nitrogens is 4. The van der Waals surface area contributed by atoms with Crippen molar-refractivity contribution in [2.45, 2.75) is 44.9 Å². The summed E-state index contributed by atoms with van der Waals surface area (Å²) in [6.45, 7) is 0. The minimum atomic E-state index is -1.75. The first-order chi connectivity index (χ1) is 14.1. The van der Waals surface area contributed by atoms with E-state index in [9.17, 15) is 0 Å². The summed E-state index contributed by atoms with van der Waals surface area (Å²) in [5, 5.41) is 14.8. The summed E-state index contributed by atoms with van der Waals surface area (Å²) in [4.78, 5) is 22.1. The summed E-state index contributed by atoms with van der Waals surface area (Å²) >= 11 is 0. The number of fused-ring (bicyclic) bond motifs is 2. The SMILES string of the molecule is O.O=[N+]([O-])[O-].[Cl-].c1ccc2[nH+]c(CCCCCCCc3[nH]c4ccccc4[nH+]3)[nH]c2c1. The lowest BCUT2D eigenvalue weighted by atomic mass is 10.1. The van der Waals surface area contributed by atoms with Crippen LogP contribution in [0.1, 0.15) is 43.8 Å². The van der Waals surface area contributed by atoms with Gasteiger partial charge in [0.15, 0.2) is 22.1 Å². The number of hydrogen-bond acceptors (Lipinski definition) is 3. The molecule has 0 saturated heterocycles. The molecule has 0 saturated carbocycles. The Morgan fingerprint density at radius 2 is 1.06 bits per heavy atom. The molecule has 2 aromatic heterocycles. The van der Waals surface area contributed by atoms with E-state index in [1.54, 1.807) is 0 Å². The van der Waals surface area contributed by atoms with Gasteiger partial charge in [-0.05, 0) is 37.1 Å². The molecule has 4 aromatic rings. The minimum Gasteiger partial charge on any atom is -1.00 e. The van der Waals surface area contributed by atoms with Gasteiger partial charge in [0.1, 0.15) is 0 Å². The predicted molar refractivity (Wildman–Crippen MR) is 114 cm³/mol. The van der Waals surface area contributed by atoms with Gasteiger partial charge in [-0.3, -0.25) is 0 Å². The predicted octanol–water partition coefficient (Wildman–Crippen LogP) is -0.0467. The van der Waals surface area contributed by atoms with Crippen molar-refractivity contribution in [1.82, 2.24) is 9.97 Å². The molecule has 0 aliphatic carbocycles. The number of halogens is 1. The smallest absolute Gasteiger partial charge is 0.252 e. The van der Waals surface area contributed by atoms with Gasteiger partial charge in [-0.15, -0.1) is 0 Å². The highest BCUT2D eigenvalue weighted by Crippen LogP contribution is 2.12. The van der Waals surface area contributed by atoms with Crippen molar-refractivity contribution in [2.24, 2.45) is 0 Å². The minimum absolute atomic E-state index is 0. The Kier molecular flexibility index (Phi) is 11.0. The fourth-order valence-corrected chi connectivity index (χ4v) is 3.50. The third-order valence-corrected chi connectivity index (χ3v) is 4.85. The zero-order valence-electron chi connectivity index (χ0n) is 17.1. The topological polar surface area (TPSA) is 158 Å². The Balaban J connectivity index is 0.000000741. The molecule has 0 spiro atoms. The van der Waals surface area contributed by atoms with E-state index in [4.69, 9.17) is 15.3 Å². The zero-order chi connectivity index (χ0) is 20.5. The normalized spacial score (nSPS) is 10.1. The first kappa shape index (κ1) is 25.9. The quantitative estimate of drug-likeness (QED) is 0.220. The molecule has 168 valence electrons. The van der Waals surface area contributed by atoms with Crippen LogP contribution in [0.2, 0.25) is 0 Å². The van der Waals surface area contributed by atoms with Crippen molar-refractivity contribution in [3.8, 4) is 0 Å². The van der Waals surface area contributed by atoms with Crippen LogP contribution >= 0.6 is 0 Å². The van der Waals surface area contributed by atoms with Crippen LogP contribution in [-0.4, -0.2) is 20.5 Å². The zero-order valence-corrected chi connectivity index (χ0v) is 17.9. The third-order valence-electron chi connectivity index (χ3n) is 4.85. The van der Waals surface area contributed by atoms with Gasteiger partial charge in [0, 0.05) is 12.8 Å². The summed E-state index contributed by atoms with van der Waals surface area (Å²) < 4.78 is 0. The van der Waals surface area contributed by atoms with Crippen LogP contribution in [0, 0.1) is 15.3 Å². The number of imidazole rings is 2. The average Bonchev–Trinajstić information content (AvgIpc) is 3.29. The van der Waals surface area contributed by atoms with Crippen LogP contribution in [0.3, 0.4) is 0 Å². The molecule has 0 radical (unpaired) electrons. The first-order valence-corrected chi connectivity index (χ1v) is 9.91. The standard InChI is InChI=1S/C21H24N4.ClH.NO3.H2O/c1(2-4-14-20-22-16-10-6-7-11-17(16)23-20)3-5-15-21-24-18-12-8-9-13-19(18)25-21;;2-1(3)4;/h6-13H,1-5,14-15H2,(H,22,23)(H,24,25);1H;;1H2/q;;-1;/p+1. The van der Waals surface area contributed by atoms with Gasteiger partial charge >= 0.3 is 0 Å². The third kappa shape index (κ3) is 8.23. The molecule has 0 atom stereocenters. The van der Waals surface area contributed by atoms with E-state index in [1.165, 1.54) is 65.8 Å². The molecule has 0 bridgehead atoms. The number of rotatable bonds is 8. The molecule has 2 aromatic carbocycles. The van der Waals surface area contributed by atoms with Crippen LogP contribution in [0.25, 0.3) is 22.1 Å². The van der Waals surface area contributed by atoms with Gasteiger partial charge < -0.3 is 33.2 Å². The van der Waals surface area contributed by atoms with E-state index in [-0.39, 0.29) is 17.9 Å². The van der Waals surface area contributed by atoms with Gasteiger partial charge in [-0.2, -0.15) is 0 Å². The molecule has 10 heteroatoms. The van der Waals surface area contributed by atoms with E-state index >= 15 is 0 Å². The number of aromatic nitrogens is 4. The molecule has 9 nitrogen and oxygen atoms in total. The number of benzene rings is 2. The molecule has 0 aliphatic heterocycles. The summed E-state index contributed by atoms with van der Waals surface area (Å²) in [6.07, 6.45) is 8.57. The number of para-hydroxylation sites is 4. The second-order valence-electron chi connectivity index (χ2n) is 7.04. The molecule has 0 aliphatic rings. The van der Waals surface area contributed by atoms with Gasteiger partial charge in [0.25, 0.3) is 11.6 Å². The fourth-order valence-electron chi connectivity index (χ4n) is 3.50. The highest BCUT2D eigenvalue weighted by molar-refractivity contribution is 5.71. The molecular formula is C21H28ClN5O4. The Morgan fingerprint density at radius 3 is 1.45 bits per heavy atom. The number of aryl methyl sites for hydroxylation is 2. The molecule has 4 rings (SSSR count). The van der Waals surface area contributed by atoms with Crippen LogP contribution < -0.4 is 22.4 Å². The van der Waals surface area contributed by atoms with E-state index in [0.717, 1.165) is 12.8 Å². The van der Waals surface area contributed by atoms with Crippen molar-refractivity contribution >= 4 is 22.1 Å². The molecule has 0 unspecified atom stereocenters. The maximum atomic E-state index is 8.25. The summed E-state index contributed by atoms with van der Waals surface area (Å²) in [7, 11) is 0. The second-order valence-corrected chi connectivity index (χ2v) is 7.04. The lowest BCUT2D eigenvalue weighted by Crippen LogP contribution is -3.00. The molecule has 2 heterocycles. The van der Waals surface area contributed by atoms with E-state index < -0.39 is 5.09 Å². The maximum absolute atomic E-state index is 8.25. The molecule has 0 amide bonds. The monoisotopic (exact) mass is 449 g/mol. The van der Waals surface area contributed by atoms with E-state index in [1.807, 2.05) is 0 Å². The van der Waals surface area contributed by atoms with Crippen molar-refractivity contribution in [3.63, 3.8) is 0 Å². The Hall–Kier alpha value is -3.17. The number of aromatic amines is 4. The van der Waals surface area contributed by atoms with Crippen molar-refractivity contribution in [1.29, 1.82) is 0 Å². The number of nitrogens with zero attached hydrogens (tertiary/aromatic N) is 1. The van der Waals surface area contributed by atoms with E-state index in [0.29, 0.717) is 0 Å². The lowest BCUT2D eigenvalue weighted by Gasteiger charge is -1.97. The van der Waals surface area contributed by atoms with Crippen LogP contribution in [0.15, 0.2) is 48.5 Å². The lowest BCUT2D eigenvalue weighted by molar-refractivity contribution is -0.402. The number of unbranched alkanes of at least 4 members (excludes halogenated alkanes) is 4. The molecular weight excluding hydrogens is 422 g/mol. The largest absolute Gasteiger partial charge is 1.00 e. The van der Waals surface area contributed by atoms with Crippen molar-refractivity contribution in [3.05, 3.63) is 75.5 Å². The van der Waals surface area contributed by atoms with Crippen LogP contribution in [0.5, 0.6) is 0 Å². The van der Waals surface area contributed by atoms with Gasteiger partial charge in [0.2, 0.25) is 0 Å². The Morgan fingerprint density at radius 1 is 0.710 bits per heavy atom. The molecule has 31 heavy (non-hydrogen) atoms.